The molecule has 20 heavy (non-hydrogen) atoms. The van der Waals surface area contributed by atoms with Crippen LogP contribution in [0.1, 0.15) is 6.42 Å². The average molecular weight is 340 g/mol. The van der Waals surface area contributed by atoms with E-state index in [4.69, 9.17) is 16.3 Å². The van der Waals surface area contributed by atoms with Crippen molar-refractivity contribution in [2.45, 2.75) is 11.7 Å². The van der Waals surface area contributed by atoms with Gasteiger partial charge in [0, 0.05) is 5.02 Å². The molecule has 1 saturated heterocycles. The molecule has 1 unspecified atom stereocenters. The molecule has 1 N–H and O–H groups in total. The molecule has 0 aromatic heterocycles. The maximum Gasteiger partial charge on any atom is 0.236 e. The van der Waals surface area contributed by atoms with Crippen LogP contribution in [0.25, 0.3) is 0 Å². The second-order valence-corrected chi connectivity index (χ2v) is 9.14. The highest BCUT2D eigenvalue weighted by Gasteiger charge is 2.37. The Morgan fingerprint density at radius 2 is 2.10 bits per heavy atom. The molecule has 9 heteroatoms. The van der Waals surface area contributed by atoms with Gasteiger partial charge in [-0.25, -0.2) is 16.8 Å². The van der Waals surface area contributed by atoms with E-state index in [0.717, 1.165) is 0 Å². The van der Waals surface area contributed by atoms with E-state index in [1.807, 2.05) is 0 Å². The van der Waals surface area contributed by atoms with Crippen molar-refractivity contribution >= 4 is 37.1 Å². The number of hydrogen-bond acceptors (Lipinski definition) is 5. The Bertz CT molecular complexity index is 714. The van der Waals surface area contributed by atoms with E-state index in [-0.39, 0.29) is 23.6 Å². The van der Waals surface area contributed by atoms with Crippen molar-refractivity contribution in [2.24, 2.45) is 0 Å². The summed E-state index contributed by atoms with van der Waals surface area (Å²) in [4.78, 5) is 0. The van der Waals surface area contributed by atoms with Crippen molar-refractivity contribution in [1.29, 1.82) is 0 Å². The first kappa shape index (κ1) is 15.4. The van der Waals surface area contributed by atoms with Gasteiger partial charge in [-0.1, -0.05) is 11.6 Å². The first-order valence-corrected chi connectivity index (χ1v) is 9.54. The van der Waals surface area contributed by atoms with Gasteiger partial charge in [-0.2, -0.15) is 0 Å². The minimum atomic E-state index is -3.80. The molecule has 2 rings (SSSR count). The van der Waals surface area contributed by atoms with Crippen molar-refractivity contribution in [3.63, 3.8) is 0 Å². The quantitative estimate of drug-likeness (QED) is 0.892. The van der Waals surface area contributed by atoms with Crippen LogP contribution in [0.3, 0.4) is 0 Å². The SMILES string of the molecule is COc1ccc(Cl)cc1NS(=O)(=O)C1CCS(=O)(=O)C1. The van der Waals surface area contributed by atoms with Gasteiger partial charge in [0.05, 0.1) is 29.6 Å². The summed E-state index contributed by atoms with van der Waals surface area (Å²) < 4.78 is 54.6. The molecule has 0 spiro atoms. The topological polar surface area (TPSA) is 89.5 Å². The number of sulfone groups is 1. The molecule has 0 aliphatic carbocycles. The smallest absolute Gasteiger partial charge is 0.236 e. The molecule has 1 atom stereocenters. The summed E-state index contributed by atoms with van der Waals surface area (Å²) in [5, 5.41) is -0.598. The van der Waals surface area contributed by atoms with Crippen LogP contribution in [0.2, 0.25) is 5.02 Å². The minimum Gasteiger partial charge on any atom is -0.495 e. The van der Waals surface area contributed by atoms with E-state index in [9.17, 15) is 16.8 Å². The number of anilines is 1. The van der Waals surface area contributed by atoms with E-state index >= 15 is 0 Å². The summed E-state index contributed by atoms with van der Waals surface area (Å²) in [6.07, 6.45) is 0.0978. The van der Waals surface area contributed by atoms with Gasteiger partial charge in [0.15, 0.2) is 9.84 Å². The van der Waals surface area contributed by atoms with Gasteiger partial charge in [-0.05, 0) is 24.6 Å². The summed E-state index contributed by atoms with van der Waals surface area (Å²) in [6.45, 7) is 0. The molecule has 1 aromatic rings. The maximum absolute atomic E-state index is 12.2. The van der Waals surface area contributed by atoms with E-state index < -0.39 is 25.1 Å². The molecule has 1 fully saturated rings. The van der Waals surface area contributed by atoms with E-state index in [0.29, 0.717) is 10.8 Å². The number of ether oxygens (including phenoxy) is 1. The fraction of sp³-hybridized carbons (Fsp3) is 0.455. The normalized spacial score (nSPS) is 21.6. The van der Waals surface area contributed by atoms with Gasteiger partial charge >= 0.3 is 0 Å². The monoisotopic (exact) mass is 339 g/mol. The average Bonchev–Trinajstić information content (AvgIpc) is 2.70. The predicted molar refractivity (Wildman–Crippen MR) is 77.6 cm³/mol. The summed E-state index contributed by atoms with van der Waals surface area (Å²) in [6, 6.07) is 4.52. The second-order valence-electron chi connectivity index (χ2n) is 4.52. The number of hydrogen-bond donors (Lipinski definition) is 1. The predicted octanol–water partition coefficient (Wildman–Crippen LogP) is 1.28. The zero-order chi connectivity index (χ0) is 15.0. The Kier molecular flexibility index (Phi) is 4.17. The summed E-state index contributed by atoms with van der Waals surface area (Å²) in [5.41, 5.74) is 0.198. The van der Waals surface area contributed by atoms with E-state index in [1.165, 1.54) is 19.2 Å². The Morgan fingerprint density at radius 1 is 1.40 bits per heavy atom. The van der Waals surface area contributed by atoms with E-state index in [2.05, 4.69) is 4.72 Å². The lowest BCUT2D eigenvalue weighted by atomic mass is 10.3. The fourth-order valence-electron chi connectivity index (χ4n) is 2.00. The third-order valence-corrected chi connectivity index (χ3v) is 7.04. The molecule has 1 aliphatic rings. The number of nitrogens with one attached hydrogen (secondary N) is 1. The molecule has 1 heterocycles. The number of sulfonamides is 1. The number of methoxy groups -OCH3 is 1. The standard InChI is InChI=1S/C11H14ClNO5S2/c1-18-11-3-2-8(12)6-10(11)13-20(16,17)9-4-5-19(14,15)7-9/h2-3,6,9,13H,4-5,7H2,1H3. The van der Waals surface area contributed by atoms with Crippen molar-refractivity contribution in [2.75, 3.05) is 23.3 Å². The fourth-order valence-corrected chi connectivity index (χ4v) is 6.27. The largest absolute Gasteiger partial charge is 0.495 e. The highest BCUT2D eigenvalue weighted by molar-refractivity contribution is 7.97. The van der Waals surface area contributed by atoms with Crippen LogP contribution >= 0.6 is 11.6 Å². The van der Waals surface area contributed by atoms with Gasteiger partial charge in [0.25, 0.3) is 0 Å². The highest BCUT2D eigenvalue weighted by atomic mass is 35.5. The molecule has 0 radical (unpaired) electrons. The summed E-state index contributed by atoms with van der Waals surface area (Å²) >= 11 is 5.82. The lowest BCUT2D eigenvalue weighted by Gasteiger charge is -2.15. The Labute approximate surface area is 123 Å². The maximum atomic E-state index is 12.2. The lowest BCUT2D eigenvalue weighted by Crippen LogP contribution is -2.29. The third-order valence-electron chi connectivity index (χ3n) is 3.04. The van der Waals surface area contributed by atoms with Gasteiger partial charge in [0.2, 0.25) is 10.0 Å². The van der Waals surface area contributed by atoms with Crippen molar-refractivity contribution in [3.8, 4) is 5.75 Å². The molecular formula is C11H14ClNO5S2. The van der Waals surface area contributed by atoms with Crippen LogP contribution in [-0.2, 0) is 19.9 Å². The zero-order valence-corrected chi connectivity index (χ0v) is 13.1. The van der Waals surface area contributed by atoms with E-state index in [1.54, 1.807) is 6.07 Å². The Morgan fingerprint density at radius 3 is 2.65 bits per heavy atom. The lowest BCUT2D eigenvalue weighted by molar-refractivity contribution is 0.417. The minimum absolute atomic E-state index is 0.0978. The zero-order valence-electron chi connectivity index (χ0n) is 10.7. The molecule has 6 nitrogen and oxygen atoms in total. The van der Waals surface area contributed by atoms with Crippen molar-refractivity contribution in [3.05, 3.63) is 23.2 Å². The molecule has 112 valence electrons. The van der Waals surface area contributed by atoms with Gasteiger partial charge in [-0.3, -0.25) is 4.72 Å². The molecule has 0 amide bonds. The third kappa shape index (κ3) is 3.36. The van der Waals surface area contributed by atoms with Gasteiger partial charge in [-0.15, -0.1) is 0 Å². The summed E-state index contributed by atoms with van der Waals surface area (Å²) in [5.74, 6) is -0.143. The number of rotatable bonds is 4. The molecule has 0 bridgehead atoms. The van der Waals surface area contributed by atoms with Crippen LogP contribution in [0.4, 0.5) is 5.69 Å². The van der Waals surface area contributed by atoms with Crippen LogP contribution in [0, 0.1) is 0 Å². The first-order valence-electron chi connectivity index (χ1n) is 5.79. The van der Waals surface area contributed by atoms with Crippen molar-refractivity contribution < 1.29 is 21.6 Å². The van der Waals surface area contributed by atoms with Crippen LogP contribution in [0.15, 0.2) is 18.2 Å². The van der Waals surface area contributed by atoms with Crippen molar-refractivity contribution in [1.82, 2.24) is 0 Å². The molecule has 1 aromatic carbocycles. The van der Waals surface area contributed by atoms with Gasteiger partial charge in [0.1, 0.15) is 5.75 Å². The number of benzene rings is 1. The molecule has 0 saturated carbocycles. The molecule has 1 aliphatic heterocycles. The highest BCUT2D eigenvalue weighted by Crippen LogP contribution is 2.30. The van der Waals surface area contributed by atoms with Gasteiger partial charge < -0.3 is 4.74 Å². The Balaban J connectivity index is 2.27. The van der Waals surface area contributed by atoms with Crippen LogP contribution in [-0.4, -0.2) is 40.7 Å². The number of halogens is 1. The van der Waals surface area contributed by atoms with Crippen LogP contribution in [0.5, 0.6) is 5.75 Å². The van der Waals surface area contributed by atoms with Crippen LogP contribution < -0.4 is 9.46 Å². The Hall–Kier alpha value is -0.990. The first-order chi connectivity index (χ1) is 9.23. The molecular weight excluding hydrogens is 326 g/mol. The second kappa shape index (κ2) is 5.42. The summed E-state index contributed by atoms with van der Waals surface area (Å²) in [7, 11) is -5.67.